The summed E-state index contributed by atoms with van der Waals surface area (Å²) < 4.78 is 5.84. The second-order valence-electron chi connectivity index (χ2n) is 6.56. The average molecular weight is 293 g/mol. The van der Waals surface area contributed by atoms with Crippen LogP contribution in [0.25, 0.3) is 0 Å². The van der Waals surface area contributed by atoms with Crippen LogP contribution in [0.3, 0.4) is 0 Å². The van der Waals surface area contributed by atoms with E-state index in [9.17, 15) is 0 Å². The third-order valence-corrected chi connectivity index (χ3v) is 4.35. The van der Waals surface area contributed by atoms with Crippen molar-refractivity contribution in [1.29, 1.82) is 0 Å². The van der Waals surface area contributed by atoms with E-state index in [4.69, 9.17) is 4.42 Å². The van der Waals surface area contributed by atoms with E-state index in [0.717, 1.165) is 37.1 Å². The maximum Gasteiger partial charge on any atom is 0.118 e. The Bertz CT molecular complexity index is 420. The Kier molecular flexibility index (Phi) is 6.27. The maximum atomic E-state index is 5.84. The van der Waals surface area contributed by atoms with E-state index in [1.165, 1.54) is 38.0 Å². The largest absolute Gasteiger partial charge is 0.465 e. The van der Waals surface area contributed by atoms with Gasteiger partial charge < -0.3 is 14.6 Å². The fourth-order valence-corrected chi connectivity index (χ4v) is 3.16. The van der Waals surface area contributed by atoms with Gasteiger partial charge in [0.05, 0.1) is 6.54 Å². The molecule has 1 fully saturated rings. The van der Waals surface area contributed by atoms with Gasteiger partial charge in [-0.1, -0.05) is 6.92 Å². The molecule has 1 aliphatic heterocycles. The lowest BCUT2D eigenvalue weighted by Gasteiger charge is -2.33. The fraction of sp³-hybridized carbons (Fsp3) is 0.765. The van der Waals surface area contributed by atoms with Crippen molar-refractivity contribution in [2.75, 3.05) is 40.3 Å². The minimum Gasteiger partial charge on any atom is -0.465 e. The van der Waals surface area contributed by atoms with Gasteiger partial charge in [-0.15, -0.1) is 0 Å². The van der Waals surface area contributed by atoms with E-state index in [2.05, 4.69) is 49.1 Å². The molecule has 120 valence electrons. The summed E-state index contributed by atoms with van der Waals surface area (Å²) in [5, 5.41) is 3.32. The smallest absolute Gasteiger partial charge is 0.118 e. The van der Waals surface area contributed by atoms with E-state index in [1.54, 1.807) is 0 Å². The van der Waals surface area contributed by atoms with Crippen molar-refractivity contribution in [2.24, 2.45) is 5.92 Å². The highest BCUT2D eigenvalue weighted by Gasteiger charge is 2.20. The van der Waals surface area contributed by atoms with Crippen molar-refractivity contribution < 1.29 is 4.42 Å². The number of nitrogens with zero attached hydrogens (tertiary/aromatic N) is 2. The Morgan fingerprint density at radius 2 is 2.05 bits per heavy atom. The van der Waals surface area contributed by atoms with Crippen LogP contribution in [0.4, 0.5) is 0 Å². The molecule has 1 aromatic heterocycles. The van der Waals surface area contributed by atoms with Crippen molar-refractivity contribution >= 4 is 0 Å². The van der Waals surface area contributed by atoms with E-state index in [1.807, 2.05) is 0 Å². The molecule has 4 heteroatoms. The summed E-state index contributed by atoms with van der Waals surface area (Å²) in [6.07, 6.45) is 2.64. The summed E-state index contributed by atoms with van der Waals surface area (Å²) in [5.41, 5.74) is 1.36. The average Bonchev–Trinajstić information content (AvgIpc) is 2.78. The summed E-state index contributed by atoms with van der Waals surface area (Å²) in [6, 6.07) is 2.23. The first-order chi connectivity index (χ1) is 10.1. The minimum absolute atomic E-state index is 0.836. The van der Waals surface area contributed by atoms with Gasteiger partial charge in [-0.2, -0.15) is 0 Å². The highest BCUT2D eigenvalue weighted by atomic mass is 16.3. The van der Waals surface area contributed by atoms with Gasteiger partial charge in [0.2, 0.25) is 0 Å². The predicted octanol–water partition coefficient (Wildman–Crippen LogP) is 2.47. The van der Waals surface area contributed by atoms with Gasteiger partial charge in [0.15, 0.2) is 0 Å². The van der Waals surface area contributed by atoms with Crippen LogP contribution in [0, 0.1) is 12.8 Å². The topological polar surface area (TPSA) is 31.6 Å². The van der Waals surface area contributed by atoms with Crippen molar-refractivity contribution in [3.05, 3.63) is 23.2 Å². The predicted molar refractivity (Wildman–Crippen MR) is 87.4 cm³/mol. The molecule has 0 atom stereocenters. The number of hydrogen-bond donors (Lipinski definition) is 1. The van der Waals surface area contributed by atoms with Crippen molar-refractivity contribution in [1.82, 2.24) is 15.1 Å². The highest BCUT2D eigenvalue weighted by Crippen LogP contribution is 2.22. The lowest BCUT2D eigenvalue weighted by molar-refractivity contribution is 0.156. The Labute approximate surface area is 129 Å². The molecule has 1 aromatic rings. The summed E-state index contributed by atoms with van der Waals surface area (Å²) in [6.45, 7) is 10.7. The molecule has 1 aliphatic rings. The third kappa shape index (κ3) is 5.13. The number of aryl methyl sites for hydroxylation is 1. The first kappa shape index (κ1) is 16.5. The standard InChI is InChI=1S/C17H31N3O/c1-5-18-11-17-10-16(14(2)21-17)13-20-8-6-15(7-9-20)12-19(3)4/h10,15,18H,5-9,11-13H2,1-4H3. The Morgan fingerprint density at radius 3 is 2.67 bits per heavy atom. The van der Waals surface area contributed by atoms with Crippen LogP contribution in [0.2, 0.25) is 0 Å². The molecule has 0 radical (unpaired) electrons. The molecular weight excluding hydrogens is 262 g/mol. The normalized spacial score (nSPS) is 17.8. The first-order valence-corrected chi connectivity index (χ1v) is 8.24. The fourth-order valence-electron chi connectivity index (χ4n) is 3.16. The molecule has 2 rings (SSSR count). The Hall–Kier alpha value is -0.840. The monoisotopic (exact) mass is 293 g/mol. The second kappa shape index (κ2) is 7.97. The molecule has 4 nitrogen and oxygen atoms in total. The SMILES string of the molecule is CCNCc1cc(CN2CCC(CN(C)C)CC2)c(C)o1. The molecule has 0 spiro atoms. The van der Waals surface area contributed by atoms with E-state index < -0.39 is 0 Å². The molecule has 21 heavy (non-hydrogen) atoms. The molecule has 0 unspecified atom stereocenters. The molecular formula is C17H31N3O. The maximum absolute atomic E-state index is 5.84. The number of piperidine rings is 1. The second-order valence-corrected chi connectivity index (χ2v) is 6.56. The number of furan rings is 1. The third-order valence-electron chi connectivity index (χ3n) is 4.35. The first-order valence-electron chi connectivity index (χ1n) is 8.24. The van der Waals surface area contributed by atoms with Crippen LogP contribution >= 0.6 is 0 Å². The zero-order valence-electron chi connectivity index (χ0n) is 14.1. The van der Waals surface area contributed by atoms with Gasteiger partial charge in [-0.25, -0.2) is 0 Å². The summed E-state index contributed by atoms with van der Waals surface area (Å²) in [7, 11) is 4.35. The van der Waals surface area contributed by atoms with E-state index in [0.29, 0.717) is 0 Å². The summed E-state index contributed by atoms with van der Waals surface area (Å²) >= 11 is 0. The van der Waals surface area contributed by atoms with Gasteiger partial charge in [-0.3, -0.25) is 4.90 Å². The van der Waals surface area contributed by atoms with E-state index >= 15 is 0 Å². The summed E-state index contributed by atoms with van der Waals surface area (Å²) in [5.74, 6) is 3.01. The Balaban J connectivity index is 1.81. The van der Waals surface area contributed by atoms with Gasteiger partial charge in [0.25, 0.3) is 0 Å². The van der Waals surface area contributed by atoms with Gasteiger partial charge >= 0.3 is 0 Å². The zero-order chi connectivity index (χ0) is 15.2. The van der Waals surface area contributed by atoms with Gasteiger partial charge in [-0.05, 0) is 65.5 Å². The molecule has 0 aromatic carbocycles. The van der Waals surface area contributed by atoms with Crippen LogP contribution in [-0.4, -0.2) is 50.1 Å². The van der Waals surface area contributed by atoms with Crippen LogP contribution in [-0.2, 0) is 13.1 Å². The molecule has 0 bridgehead atoms. The lowest BCUT2D eigenvalue weighted by Crippen LogP contribution is -2.36. The molecule has 0 amide bonds. The molecule has 2 heterocycles. The Morgan fingerprint density at radius 1 is 1.33 bits per heavy atom. The van der Waals surface area contributed by atoms with E-state index in [-0.39, 0.29) is 0 Å². The van der Waals surface area contributed by atoms with Crippen molar-refractivity contribution in [3.63, 3.8) is 0 Å². The van der Waals surface area contributed by atoms with Crippen LogP contribution in [0.15, 0.2) is 10.5 Å². The molecule has 1 saturated heterocycles. The number of nitrogens with one attached hydrogen (secondary N) is 1. The number of rotatable bonds is 7. The molecule has 0 saturated carbocycles. The molecule has 0 aliphatic carbocycles. The summed E-state index contributed by atoms with van der Waals surface area (Å²) in [4.78, 5) is 4.88. The van der Waals surface area contributed by atoms with Crippen LogP contribution in [0.1, 0.15) is 36.8 Å². The van der Waals surface area contributed by atoms with Gasteiger partial charge in [0, 0.05) is 18.7 Å². The molecule has 1 N–H and O–H groups in total. The van der Waals surface area contributed by atoms with Crippen LogP contribution in [0.5, 0.6) is 0 Å². The van der Waals surface area contributed by atoms with Gasteiger partial charge in [0.1, 0.15) is 11.5 Å². The van der Waals surface area contributed by atoms with Crippen molar-refractivity contribution in [3.8, 4) is 0 Å². The number of hydrogen-bond acceptors (Lipinski definition) is 4. The lowest BCUT2D eigenvalue weighted by atomic mass is 9.96. The quantitative estimate of drug-likeness (QED) is 0.837. The highest BCUT2D eigenvalue weighted by molar-refractivity contribution is 5.20. The number of likely N-dealkylation sites (tertiary alicyclic amines) is 1. The minimum atomic E-state index is 0.836. The van der Waals surface area contributed by atoms with Crippen molar-refractivity contribution in [2.45, 2.75) is 39.8 Å². The zero-order valence-corrected chi connectivity index (χ0v) is 14.1. The van der Waals surface area contributed by atoms with Crippen LogP contribution < -0.4 is 5.32 Å².